The lowest BCUT2D eigenvalue weighted by atomic mass is 9.93. The number of hydrogen-bond acceptors (Lipinski definition) is 3. The highest BCUT2D eigenvalue weighted by Gasteiger charge is 2.29. The van der Waals surface area contributed by atoms with Crippen LogP contribution < -0.4 is 5.73 Å². The first-order chi connectivity index (χ1) is 13.7. The number of nitrogens with two attached hydrogens (primary N) is 1. The van der Waals surface area contributed by atoms with Crippen LogP contribution in [0.1, 0.15) is 22.3 Å². The Morgan fingerprint density at radius 1 is 1.00 bits per heavy atom. The van der Waals surface area contributed by atoms with Crippen LogP contribution in [0.15, 0.2) is 72.8 Å². The average Bonchev–Trinajstić information content (AvgIpc) is 2.73. The SMILES string of the molecule is N#Cc1ccccc1-c1ccc(CN2Cc3ccccc3C[C@@H]2C(N)=O)cc1. The van der Waals surface area contributed by atoms with E-state index in [0.717, 1.165) is 16.7 Å². The van der Waals surface area contributed by atoms with Gasteiger partial charge >= 0.3 is 0 Å². The van der Waals surface area contributed by atoms with E-state index in [-0.39, 0.29) is 11.9 Å². The molecule has 1 aliphatic rings. The second-order valence-electron chi connectivity index (χ2n) is 7.15. The largest absolute Gasteiger partial charge is 0.368 e. The fourth-order valence-corrected chi connectivity index (χ4v) is 3.88. The molecule has 4 heteroatoms. The Balaban J connectivity index is 1.57. The molecule has 4 nitrogen and oxygen atoms in total. The first-order valence-electron chi connectivity index (χ1n) is 9.34. The van der Waals surface area contributed by atoms with E-state index >= 15 is 0 Å². The van der Waals surface area contributed by atoms with Gasteiger partial charge in [0.2, 0.25) is 5.91 Å². The van der Waals surface area contributed by atoms with Gasteiger partial charge in [-0.15, -0.1) is 0 Å². The minimum Gasteiger partial charge on any atom is -0.368 e. The molecule has 0 fully saturated rings. The van der Waals surface area contributed by atoms with Crippen molar-refractivity contribution in [2.75, 3.05) is 0 Å². The van der Waals surface area contributed by atoms with Crippen LogP contribution in [-0.4, -0.2) is 16.8 Å². The molecule has 1 atom stereocenters. The lowest BCUT2D eigenvalue weighted by molar-refractivity contribution is -0.124. The molecule has 3 aromatic rings. The summed E-state index contributed by atoms with van der Waals surface area (Å²) in [4.78, 5) is 14.2. The molecule has 0 spiro atoms. The fraction of sp³-hybridized carbons (Fsp3) is 0.167. The third-order valence-corrected chi connectivity index (χ3v) is 5.37. The number of benzene rings is 3. The van der Waals surface area contributed by atoms with Crippen LogP contribution in [0.2, 0.25) is 0 Å². The first-order valence-corrected chi connectivity index (χ1v) is 9.34. The minimum absolute atomic E-state index is 0.283. The molecular formula is C24H21N3O. The maximum Gasteiger partial charge on any atom is 0.235 e. The van der Waals surface area contributed by atoms with Crippen molar-refractivity contribution in [3.05, 3.63) is 95.1 Å². The molecule has 1 heterocycles. The van der Waals surface area contributed by atoms with Crippen molar-refractivity contribution < 1.29 is 4.79 Å². The molecule has 2 N–H and O–H groups in total. The lowest BCUT2D eigenvalue weighted by Crippen LogP contribution is -2.48. The second kappa shape index (κ2) is 7.67. The molecule has 1 aliphatic heterocycles. The molecule has 1 amide bonds. The Morgan fingerprint density at radius 2 is 1.68 bits per heavy atom. The minimum atomic E-state index is -0.297. The van der Waals surface area contributed by atoms with Gasteiger partial charge in [-0.1, -0.05) is 66.7 Å². The zero-order chi connectivity index (χ0) is 19.5. The van der Waals surface area contributed by atoms with Gasteiger partial charge in [-0.2, -0.15) is 5.26 Å². The monoisotopic (exact) mass is 367 g/mol. The van der Waals surface area contributed by atoms with E-state index < -0.39 is 0 Å². The molecule has 0 saturated heterocycles. The Kier molecular flexibility index (Phi) is 4.92. The van der Waals surface area contributed by atoms with E-state index in [0.29, 0.717) is 25.1 Å². The third-order valence-electron chi connectivity index (χ3n) is 5.37. The van der Waals surface area contributed by atoms with Gasteiger partial charge in [0, 0.05) is 13.1 Å². The predicted molar refractivity (Wildman–Crippen MR) is 109 cm³/mol. The Morgan fingerprint density at radius 3 is 2.39 bits per heavy atom. The van der Waals surface area contributed by atoms with Crippen LogP contribution in [0.4, 0.5) is 0 Å². The summed E-state index contributed by atoms with van der Waals surface area (Å²) in [6.45, 7) is 1.37. The molecule has 4 rings (SSSR count). The maximum absolute atomic E-state index is 12.0. The number of nitrogens with zero attached hydrogens (tertiary/aromatic N) is 2. The average molecular weight is 367 g/mol. The highest BCUT2D eigenvalue weighted by atomic mass is 16.1. The molecule has 0 aromatic heterocycles. The van der Waals surface area contributed by atoms with Crippen LogP contribution in [0.3, 0.4) is 0 Å². The Bertz CT molecular complexity index is 1050. The fourth-order valence-electron chi connectivity index (χ4n) is 3.88. The van der Waals surface area contributed by atoms with Crippen LogP contribution in [0.5, 0.6) is 0 Å². The standard InChI is InChI=1S/C24H21N3O/c25-14-20-6-3-4-8-22(20)18-11-9-17(10-12-18)15-27-16-21-7-2-1-5-19(21)13-23(27)24(26)28/h1-12,23H,13,15-16H2,(H2,26,28)/t23-/m1/s1. The highest BCUT2D eigenvalue weighted by Crippen LogP contribution is 2.27. The number of rotatable bonds is 4. The summed E-state index contributed by atoms with van der Waals surface area (Å²) in [6, 6.07) is 25.9. The van der Waals surface area contributed by atoms with Crippen molar-refractivity contribution >= 4 is 5.91 Å². The number of carbonyl (C=O) groups is 1. The normalized spacial score (nSPS) is 16.2. The number of primary amides is 1. The van der Waals surface area contributed by atoms with Gasteiger partial charge in [-0.25, -0.2) is 0 Å². The summed E-state index contributed by atoms with van der Waals surface area (Å²) in [5.74, 6) is -0.283. The first kappa shape index (κ1) is 18.0. The van der Waals surface area contributed by atoms with E-state index in [1.54, 1.807) is 0 Å². The lowest BCUT2D eigenvalue weighted by Gasteiger charge is -2.35. The summed E-state index contributed by atoms with van der Waals surface area (Å²) < 4.78 is 0. The Labute approximate surface area is 164 Å². The van der Waals surface area contributed by atoms with Crippen LogP contribution in [0.25, 0.3) is 11.1 Å². The molecule has 3 aromatic carbocycles. The zero-order valence-corrected chi connectivity index (χ0v) is 15.5. The quantitative estimate of drug-likeness (QED) is 0.765. The van der Waals surface area contributed by atoms with Gasteiger partial charge in [0.05, 0.1) is 17.7 Å². The van der Waals surface area contributed by atoms with E-state index in [4.69, 9.17) is 5.73 Å². The van der Waals surface area contributed by atoms with E-state index in [2.05, 4.69) is 35.2 Å². The number of amides is 1. The van der Waals surface area contributed by atoms with Crippen LogP contribution >= 0.6 is 0 Å². The number of fused-ring (bicyclic) bond motifs is 1. The van der Waals surface area contributed by atoms with E-state index in [1.165, 1.54) is 11.1 Å². The van der Waals surface area contributed by atoms with Crippen LogP contribution in [-0.2, 0) is 24.3 Å². The summed E-state index contributed by atoms with van der Waals surface area (Å²) in [6.07, 6.45) is 0.652. The molecule has 0 saturated carbocycles. The van der Waals surface area contributed by atoms with Gasteiger partial charge < -0.3 is 5.73 Å². The van der Waals surface area contributed by atoms with Gasteiger partial charge in [0.15, 0.2) is 0 Å². The summed E-state index contributed by atoms with van der Waals surface area (Å²) in [5, 5.41) is 9.31. The molecular weight excluding hydrogens is 346 g/mol. The zero-order valence-electron chi connectivity index (χ0n) is 15.5. The molecule has 0 unspecified atom stereocenters. The van der Waals surface area contributed by atoms with Gasteiger partial charge in [-0.05, 0) is 40.3 Å². The molecule has 28 heavy (non-hydrogen) atoms. The molecule has 138 valence electrons. The summed E-state index contributed by atoms with van der Waals surface area (Å²) in [5.41, 5.74) is 11.9. The van der Waals surface area contributed by atoms with Crippen molar-refractivity contribution in [1.29, 1.82) is 5.26 Å². The van der Waals surface area contributed by atoms with Gasteiger partial charge in [0.25, 0.3) is 0 Å². The molecule has 0 aliphatic carbocycles. The number of hydrogen-bond donors (Lipinski definition) is 1. The Hall–Kier alpha value is -3.42. The van der Waals surface area contributed by atoms with Gasteiger partial charge in [-0.3, -0.25) is 9.69 Å². The summed E-state index contributed by atoms with van der Waals surface area (Å²) >= 11 is 0. The number of nitriles is 1. The third kappa shape index (κ3) is 3.53. The van der Waals surface area contributed by atoms with Crippen LogP contribution in [0, 0.1) is 11.3 Å². The van der Waals surface area contributed by atoms with Crippen molar-refractivity contribution in [3.63, 3.8) is 0 Å². The van der Waals surface area contributed by atoms with Crippen molar-refractivity contribution in [1.82, 2.24) is 4.90 Å². The molecule has 0 radical (unpaired) electrons. The summed E-state index contributed by atoms with van der Waals surface area (Å²) in [7, 11) is 0. The van der Waals surface area contributed by atoms with Crippen molar-refractivity contribution in [3.8, 4) is 17.2 Å². The van der Waals surface area contributed by atoms with Crippen molar-refractivity contribution in [2.45, 2.75) is 25.6 Å². The van der Waals surface area contributed by atoms with E-state index in [1.807, 2.05) is 48.5 Å². The maximum atomic E-state index is 12.0. The smallest absolute Gasteiger partial charge is 0.235 e. The predicted octanol–water partition coefficient (Wildman–Crippen LogP) is 3.64. The highest BCUT2D eigenvalue weighted by molar-refractivity contribution is 5.80. The van der Waals surface area contributed by atoms with E-state index in [9.17, 15) is 10.1 Å². The van der Waals surface area contributed by atoms with Gasteiger partial charge in [0.1, 0.15) is 0 Å². The molecule has 0 bridgehead atoms. The number of carbonyl (C=O) groups excluding carboxylic acids is 1. The second-order valence-corrected chi connectivity index (χ2v) is 7.15. The topological polar surface area (TPSA) is 70.1 Å². The van der Waals surface area contributed by atoms with Crippen molar-refractivity contribution in [2.24, 2.45) is 5.73 Å².